The molecule has 116 valence electrons. The number of carboxylic acids is 1. The molecule has 0 fully saturated rings. The third-order valence-electron chi connectivity index (χ3n) is 2.78. The molecule has 3 nitrogen and oxygen atoms in total. The average molecular weight is 314 g/mol. The number of hydrogen-bond donors (Lipinski definition) is 1. The Morgan fingerprint density at radius 2 is 1.77 bits per heavy atom. The van der Waals surface area contributed by atoms with E-state index in [0.717, 1.165) is 18.2 Å². The number of ether oxygens (including phenoxy) is 1. The lowest BCUT2D eigenvalue weighted by molar-refractivity contribution is -0.153. The number of para-hydroxylation sites is 1. The van der Waals surface area contributed by atoms with Crippen LogP contribution in [0.25, 0.3) is 11.1 Å². The van der Waals surface area contributed by atoms with Gasteiger partial charge in [0.2, 0.25) is 0 Å². The van der Waals surface area contributed by atoms with Crippen molar-refractivity contribution >= 4 is 5.97 Å². The largest absolute Gasteiger partial charge is 0.483 e. The first-order valence-corrected chi connectivity index (χ1v) is 6.10. The minimum Gasteiger partial charge on any atom is -0.483 e. The van der Waals surface area contributed by atoms with E-state index in [0.29, 0.717) is 0 Å². The van der Waals surface area contributed by atoms with Gasteiger partial charge >= 0.3 is 12.1 Å². The van der Waals surface area contributed by atoms with Crippen LogP contribution >= 0.6 is 0 Å². The molecular formula is C15H10F4O3. The topological polar surface area (TPSA) is 46.5 Å². The van der Waals surface area contributed by atoms with Crippen molar-refractivity contribution in [2.24, 2.45) is 0 Å². The van der Waals surface area contributed by atoms with Crippen LogP contribution in [0.3, 0.4) is 0 Å². The van der Waals surface area contributed by atoms with E-state index in [1.807, 2.05) is 0 Å². The van der Waals surface area contributed by atoms with Crippen LogP contribution in [0.1, 0.15) is 10.4 Å². The van der Waals surface area contributed by atoms with Crippen molar-refractivity contribution in [3.8, 4) is 16.9 Å². The molecule has 7 heteroatoms. The zero-order valence-corrected chi connectivity index (χ0v) is 11.0. The van der Waals surface area contributed by atoms with E-state index in [9.17, 15) is 22.4 Å². The van der Waals surface area contributed by atoms with Gasteiger partial charge in [-0.2, -0.15) is 13.2 Å². The van der Waals surface area contributed by atoms with Gasteiger partial charge in [0.25, 0.3) is 0 Å². The highest BCUT2D eigenvalue weighted by Crippen LogP contribution is 2.33. The summed E-state index contributed by atoms with van der Waals surface area (Å²) in [6.07, 6.45) is -4.54. The van der Waals surface area contributed by atoms with Crippen LogP contribution in [-0.2, 0) is 0 Å². The summed E-state index contributed by atoms with van der Waals surface area (Å²) in [6.45, 7) is -1.53. The average Bonchev–Trinajstić information content (AvgIpc) is 2.44. The maximum absolute atomic E-state index is 13.4. The summed E-state index contributed by atoms with van der Waals surface area (Å²) in [5, 5.41) is 9.12. The molecule has 0 bridgehead atoms. The molecule has 0 spiro atoms. The van der Waals surface area contributed by atoms with Crippen molar-refractivity contribution < 1.29 is 32.2 Å². The minimum absolute atomic E-state index is 0.0507. The second kappa shape index (κ2) is 6.05. The summed E-state index contributed by atoms with van der Waals surface area (Å²) >= 11 is 0. The Morgan fingerprint density at radius 3 is 2.41 bits per heavy atom. The van der Waals surface area contributed by atoms with Crippen LogP contribution in [0.4, 0.5) is 17.6 Å². The van der Waals surface area contributed by atoms with E-state index < -0.39 is 24.6 Å². The van der Waals surface area contributed by atoms with Gasteiger partial charge in [-0.3, -0.25) is 0 Å². The number of aromatic carboxylic acids is 1. The van der Waals surface area contributed by atoms with Gasteiger partial charge in [0.05, 0.1) is 5.56 Å². The fourth-order valence-electron chi connectivity index (χ4n) is 1.90. The molecule has 0 aliphatic carbocycles. The normalized spacial score (nSPS) is 11.3. The molecule has 0 heterocycles. The second-order valence-corrected chi connectivity index (χ2v) is 4.40. The molecule has 22 heavy (non-hydrogen) atoms. The molecule has 0 aliphatic heterocycles. The third-order valence-corrected chi connectivity index (χ3v) is 2.78. The first-order chi connectivity index (χ1) is 10.3. The molecule has 2 aromatic rings. The van der Waals surface area contributed by atoms with E-state index in [1.54, 1.807) is 0 Å². The van der Waals surface area contributed by atoms with Gasteiger partial charge in [0.1, 0.15) is 11.6 Å². The Hall–Kier alpha value is -2.57. The van der Waals surface area contributed by atoms with Gasteiger partial charge in [0, 0.05) is 11.1 Å². The van der Waals surface area contributed by atoms with E-state index in [4.69, 9.17) is 9.84 Å². The summed E-state index contributed by atoms with van der Waals surface area (Å²) in [7, 11) is 0. The Balaban J connectivity index is 2.49. The Bertz CT molecular complexity index is 695. The van der Waals surface area contributed by atoms with Crippen LogP contribution < -0.4 is 4.74 Å². The maximum atomic E-state index is 13.4. The number of halogens is 4. The van der Waals surface area contributed by atoms with Crippen molar-refractivity contribution in [1.29, 1.82) is 0 Å². The van der Waals surface area contributed by atoms with Crippen molar-refractivity contribution in [1.82, 2.24) is 0 Å². The standard InChI is InChI=1S/C15H10F4O3/c16-9-5-6-11(14(20)21)12(7-9)10-3-1-2-4-13(10)22-8-15(17,18)19/h1-7H,8H2,(H,20,21). The fourth-order valence-corrected chi connectivity index (χ4v) is 1.90. The predicted octanol–water partition coefficient (Wildman–Crippen LogP) is 4.13. The highest BCUT2D eigenvalue weighted by molar-refractivity contribution is 5.96. The highest BCUT2D eigenvalue weighted by Gasteiger charge is 2.29. The summed E-state index contributed by atoms with van der Waals surface area (Å²) in [5.74, 6) is -2.20. The van der Waals surface area contributed by atoms with Crippen molar-refractivity contribution in [2.75, 3.05) is 6.61 Å². The van der Waals surface area contributed by atoms with Gasteiger partial charge in [0.15, 0.2) is 6.61 Å². The smallest absolute Gasteiger partial charge is 0.422 e. The van der Waals surface area contributed by atoms with Crippen LogP contribution in [0, 0.1) is 5.82 Å². The quantitative estimate of drug-likeness (QED) is 0.863. The summed E-state index contributed by atoms with van der Waals surface area (Å²) in [5.41, 5.74) is -0.210. The summed E-state index contributed by atoms with van der Waals surface area (Å²) in [6, 6.07) is 8.52. The molecule has 2 aromatic carbocycles. The Morgan fingerprint density at radius 1 is 1.09 bits per heavy atom. The molecule has 0 radical (unpaired) electrons. The Labute approximate surface area is 122 Å². The number of carboxylic acid groups (broad SMARTS) is 1. The number of carbonyl (C=O) groups is 1. The lowest BCUT2D eigenvalue weighted by Crippen LogP contribution is -2.19. The van der Waals surface area contributed by atoms with Crippen LogP contribution in [0.5, 0.6) is 5.75 Å². The Kier molecular flexibility index (Phi) is 4.35. The monoisotopic (exact) mass is 314 g/mol. The zero-order chi connectivity index (χ0) is 16.3. The van der Waals surface area contributed by atoms with Crippen molar-refractivity contribution in [2.45, 2.75) is 6.18 Å². The van der Waals surface area contributed by atoms with Gasteiger partial charge in [-0.05, 0) is 24.3 Å². The number of benzene rings is 2. The van der Waals surface area contributed by atoms with Crippen molar-refractivity contribution in [3.63, 3.8) is 0 Å². The third kappa shape index (κ3) is 3.75. The molecule has 2 rings (SSSR count). The van der Waals surface area contributed by atoms with E-state index in [2.05, 4.69) is 0 Å². The molecule has 0 saturated heterocycles. The fraction of sp³-hybridized carbons (Fsp3) is 0.133. The number of hydrogen-bond acceptors (Lipinski definition) is 2. The lowest BCUT2D eigenvalue weighted by atomic mass is 9.98. The van der Waals surface area contributed by atoms with Gasteiger partial charge in [-0.1, -0.05) is 18.2 Å². The molecule has 0 unspecified atom stereocenters. The number of alkyl halides is 3. The van der Waals surface area contributed by atoms with E-state index >= 15 is 0 Å². The minimum atomic E-state index is -4.54. The number of rotatable bonds is 4. The predicted molar refractivity (Wildman–Crippen MR) is 70.3 cm³/mol. The maximum Gasteiger partial charge on any atom is 0.422 e. The van der Waals surface area contributed by atoms with Crippen LogP contribution in [-0.4, -0.2) is 23.9 Å². The highest BCUT2D eigenvalue weighted by atomic mass is 19.4. The van der Waals surface area contributed by atoms with Crippen LogP contribution in [0.15, 0.2) is 42.5 Å². The molecule has 0 aromatic heterocycles. The first-order valence-electron chi connectivity index (χ1n) is 6.10. The SMILES string of the molecule is O=C(O)c1ccc(F)cc1-c1ccccc1OCC(F)(F)F. The molecule has 0 amide bonds. The molecule has 0 atom stereocenters. The van der Waals surface area contributed by atoms with Gasteiger partial charge in [-0.25, -0.2) is 9.18 Å². The molecule has 1 N–H and O–H groups in total. The summed E-state index contributed by atoms with van der Waals surface area (Å²) < 4.78 is 54.9. The van der Waals surface area contributed by atoms with Crippen LogP contribution in [0.2, 0.25) is 0 Å². The zero-order valence-electron chi connectivity index (χ0n) is 11.0. The van der Waals surface area contributed by atoms with E-state index in [1.165, 1.54) is 24.3 Å². The molecular weight excluding hydrogens is 304 g/mol. The van der Waals surface area contributed by atoms with E-state index in [-0.39, 0.29) is 22.4 Å². The first kappa shape index (κ1) is 15.8. The second-order valence-electron chi connectivity index (χ2n) is 4.40. The van der Waals surface area contributed by atoms with Gasteiger partial charge in [-0.15, -0.1) is 0 Å². The lowest BCUT2D eigenvalue weighted by Gasteiger charge is -2.14. The summed E-state index contributed by atoms with van der Waals surface area (Å²) in [4.78, 5) is 11.2. The van der Waals surface area contributed by atoms with Crippen molar-refractivity contribution in [3.05, 3.63) is 53.8 Å². The molecule has 0 aliphatic rings. The molecule has 0 saturated carbocycles. The van der Waals surface area contributed by atoms with Gasteiger partial charge < -0.3 is 9.84 Å².